The number of hydrogen-bond acceptors (Lipinski definition) is 4. The Labute approximate surface area is 111 Å². The van der Waals surface area contributed by atoms with E-state index in [-0.39, 0.29) is 0 Å². The highest BCUT2D eigenvalue weighted by Gasteiger charge is 2.12. The molecular weight excluding hydrogens is 226 g/mol. The molecule has 0 aromatic carbocycles. The van der Waals surface area contributed by atoms with E-state index in [2.05, 4.69) is 50.1 Å². The first-order valence-corrected chi connectivity index (χ1v) is 6.91. The molecule has 0 fully saturated rings. The highest BCUT2D eigenvalue weighted by Crippen LogP contribution is 2.11. The molecule has 18 heavy (non-hydrogen) atoms. The van der Waals surface area contributed by atoms with Gasteiger partial charge in [-0.05, 0) is 20.4 Å². The van der Waals surface area contributed by atoms with Gasteiger partial charge in [0.2, 0.25) is 0 Å². The van der Waals surface area contributed by atoms with Gasteiger partial charge in [0.25, 0.3) is 0 Å². The predicted molar refractivity (Wildman–Crippen MR) is 74.3 cm³/mol. The molecule has 0 saturated carbocycles. The van der Waals surface area contributed by atoms with Crippen LogP contribution in [-0.2, 0) is 13.1 Å². The van der Waals surface area contributed by atoms with Gasteiger partial charge in [0, 0.05) is 24.7 Å². The van der Waals surface area contributed by atoms with Gasteiger partial charge in [-0.1, -0.05) is 32.3 Å². The van der Waals surface area contributed by atoms with Gasteiger partial charge in [0.1, 0.15) is 0 Å². The van der Waals surface area contributed by atoms with Crippen LogP contribution in [0.15, 0.2) is 10.6 Å². The molecule has 0 saturated heterocycles. The van der Waals surface area contributed by atoms with Crippen molar-refractivity contribution in [3.8, 4) is 0 Å². The molecule has 1 aromatic heterocycles. The second kappa shape index (κ2) is 7.54. The van der Waals surface area contributed by atoms with E-state index in [0.29, 0.717) is 12.1 Å². The number of rotatable bonds is 8. The Balaban J connectivity index is 2.43. The van der Waals surface area contributed by atoms with E-state index in [1.54, 1.807) is 0 Å². The van der Waals surface area contributed by atoms with Crippen LogP contribution in [0.4, 0.5) is 0 Å². The van der Waals surface area contributed by atoms with E-state index >= 15 is 0 Å². The minimum atomic E-state index is 0.470. The third-order valence-corrected chi connectivity index (χ3v) is 3.16. The lowest BCUT2D eigenvalue weighted by atomic mass is 10.1. The Bertz CT molecular complexity index is 336. The molecule has 0 amide bonds. The van der Waals surface area contributed by atoms with Crippen molar-refractivity contribution in [3.05, 3.63) is 17.5 Å². The third-order valence-electron chi connectivity index (χ3n) is 3.16. The molecule has 0 aliphatic rings. The van der Waals surface area contributed by atoms with Crippen molar-refractivity contribution in [2.45, 2.75) is 65.7 Å². The third kappa shape index (κ3) is 5.19. The first kappa shape index (κ1) is 15.2. The topological polar surface area (TPSA) is 41.3 Å². The second-order valence-corrected chi connectivity index (χ2v) is 5.37. The summed E-state index contributed by atoms with van der Waals surface area (Å²) in [6.07, 6.45) is 2.43. The quantitative estimate of drug-likeness (QED) is 0.773. The minimum absolute atomic E-state index is 0.470. The standard InChI is InChI=1S/C14H27N3O/c1-6-7-12(4)17(5)10-14-8-13(16-18-14)9-15-11(2)3/h8,11-12,15H,6-7,9-10H2,1-5H3. The monoisotopic (exact) mass is 253 g/mol. The maximum atomic E-state index is 5.36. The van der Waals surface area contributed by atoms with Gasteiger partial charge in [-0.15, -0.1) is 0 Å². The Hall–Kier alpha value is -0.870. The molecule has 4 nitrogen and oxygen atoms in total. The van der Waals surface area contributed by atoms with Crippen LogP contribution in [0.25, 0.3) is 0 Å². The molecule has 1 atom stereocenters. The zero-order valence-electron chi connectivity index (χ0n) is 12.4. The van der Waals surface area contributed by atoms with Crippen LogP contribution in [0.5, 0.6) is 0 Å². The van der Waals surface area contributed by atoms with Gasteiger partial charge in [0.05, 0.1) is 12.2 Å². The zero-order chi connectivity index (χ0) is 13.5. The maximum absolute atomic E-state index is 5.36. The Morgan fingerprint density at radius 2 is 2.11 bits per heavy atom. The molecule has 4 heteroatoms. The average Bonchev–Trinajstić information content (AvgIpc) is 2.74. The molecule has 1 rings (SSSR count). The summed E-state index contributed by atoms with van der Waals surface area (Å²) >= 11 is 0. The van der Waals surface area contributed by atoms with Crippen LogP contribution in [0.3, 0.4) is 0 Å². The lowest BCUT2D eigenvalue weighted by Gasteiger charge is -2.22. The lowest BCUT2D eigenvalue weighted by Crippen LogP contribution is -2.28. The Morgan fingerprint density at radius 3 is 2.72 bits per heavy atom. The minimum Gasteiger partial charge on any atom is -0.360 e. The molecule has 1 aromatic rings. The van der Waals surface area contributed by atoms with Crippen LogP contribution in [0, 0.1) is 0 Å². The summed E-state index contributed by atoms with van der Waals surface area (Å²) in [7, 11) is 2.13. The van der Waals surface area contributed by atoms with E-state index < -0.39 is 0 Å². The number of aromatic nitrogens is 1. The summed E-state index contributed by atoms with van der Waals surface area (Å²) in [6, 6.07) is 3.10. The van der Waals surface area contributed by atoms with E-state index in [4.69, 9.17) is 4.52 Å². The van der Waals surface area contributed by atoms with Crippen LogP contribution < -0.4 is 5.32 Å². The molecule has 0 aliphatic heterocycles. The first-order valence-electron chi connectivity index (χ1n) is 6.91. The van der Waals surface area contributed by atoms with Crippen molar-refractivity contribution >= 4 is 0 Å². The van der Waals surface area contributed by atoms with Crippen molar-refractivity contribution < 1.29 is 4.52 Å². The van der Waals surface area contributed by atoms with E-state index in [1.807, 2.05) is 6.07 Å². The fourth-order valence-electron chi connectivity index (χ4n) is 1.86. The van der Waals surface area contributed by atoms with Gasteiger partial charge in [-0.2, -0.15) is 0 Å². The lowest BCUT2D eigenvalue weighted by molar-refractivity contribution is 0.209. The smallest absolute Gasteiger partial charge is 0.151 e. The molecule has 1 N–H and O–H groups in total. The molecule has 0 bridgehead atoms. The first-order chi connectivity index (χ1) is 8.52. The van der Waals surface area contributed by atoms with Crippen LogP contribution >= 0.6 is 0 Å². The summed E-state index contributed by atoms with van der Waals surface area (Å²) < 4.78 is 5.36. The summed E-state index contributed by atoms with van der Waals surface area (Å²) in [6.45, 7) is 10.3. The van der Waals surface area contributed by atoms with Crippen molar-refractivity contribution in [1.29, 1.82) is 0 Å². The fraction of sp³-hybridized carbons (Fsp3) is 0.786. The SMILES string of the molecule is CCCC(C)N(C)Cc1cc(CNC(C)C)no1. The Morgan fingerprint density at radius 1 is 1.39 bits per heavy atom. The fourth-order valence-corrected chi connectivity index (χ4v) is 1.86. The molecule has 1 unspecified atom stereocenters. The van der Waals surface area contributed by atoms with Gasteiger partial charge < -0.3 is 9.84 Å². The molecular formula is C14H27N3O. The molecule has 0 aliphatic carbocycles. The number of nitrogens with one attached hydrogen (secondary N) is 1. The summed E-state index contributed by atoms with van der Waals surface area (Å²) in [4.78, 5) is 2.31. The van der Waals surface area contributed by atoms with Gasteiger partial charge in [-0.3, -0.25) is 4.90 Å². The summed E-state index contributed by atoms with van der Waals surface area (Å²) in [5.41, 5.74) is 0.982. The molecule has 0 radical (unpaired) electrons. The number of hydrogen-bond donors (Lipinski definition) is 1. The van der Waals surface area contributed by atoms with Crippen LogP contribution in [0.2, 0.25) is 0 Å². The second-order valence-electron chi connectivity index (χ2n) is 5.37. The molecule has 1 heterocycles. The van der Waals surface area contributed by atoms with E-state index in [9.17, 15) is 0 Å². The predicted octanol–water partition coefficient (Wildman–Crippen LogP) is 2.79. The highest BCUT2D eigenvalue weighted by atomic mass is 16.5. The van der Waals surface area contributed by atoms with Crippen molar-refractivity contribution in [2.24, 2.45) is 0 Å². The normalized spacial score (nSPS) is 13.5. The van der Waals surface area contributed by atoms with Gasteiger partial charge in [-0.25, -0.2) is 0 Å². The Kier molecular flexibility index (Phi) is 6.36. The molecule has 0 spiro atoms. The average molecular weight is 253 g/mol. The van der Waals surface area contributed by atoms with E-state index in [0.717, 1.165) is 24.5 Å². The van der Waals surface area contributed by atoms with Crippen molar-refractivity contribution in [2.75, 3.05) is 7.05 Å². The van der Waals surface area contributed by atoms with Crippen molar-refractivity contribution in [1.82, 2.24) is 15.4 Å². The maximum Gasteiger partial charge on any atom is 0.151 e. The molecule has 104 valence electrons. The van der Waals surface area contributed by atoms with Gasteiger partial charge >= 0.3 is 0 Å². The highest BCUT2D eigenvalue weighted by molar-refractivity contribution is 5.05. The summed E-state index contributed by atoms with van der Waals surface area (Å²) in [5.74, 6) is 0.945. The van der Waals surface area contributed by atoms with Crippen LogP contribution in [0.1, 0.15) is 52.0 Å². The van der Waals surface area contributed by atoms with E-state index in [1.165, 1.54) is 12.8 Å². The number of nitrogens with zero attached hydrogens (tertiary/aromatic N) is 2. The largest absolute Gasteiger partial charge is 0.360 e. The summed E-state index contributed by atoms with van der Waals surface area (Å²) in [5, 5.41) is 7.42. The zero-order valence-corrected chi connectivity index (χ0v) is 12.4. The van der Waals surface area contributed by atoms with Crippen molar-refractivity contribution in [3.63, 3.8) is 0 Å². The van der Waals surface area contributed by atoms with Crippen LogP contribution in [-0.4, -0.2) is 29.2 Å². The van der Waals surface area contributed by atoms with Gasteiger partial charge in [0.15, 0.2) is 5.76 Å².